The Morgan fingerprint density at radius 2 is 2.10 bits per heavy atom. The smallest absolute Gasteiger partial charge is 0.340 e. The van der Waals surface area contributed by atoms with Crippen molar-refractivity contribution in [2.45, 2.75) is 13.2 Å². The zero-order valence-electron chi connectivity index (χ0n) is 10.6. The quantitative estimate of drug-likeness (QED) is 0.921. The number of carbonyl (C=O) groups is 1. The predicted molar refractivity (Wildman–Crippen MR) is 75.5 cm³/mol. The molecule has 0 saturated carbocycles. The van der Waals surface area contributed by atoms with Gasteiger partial charge >= 0.3 is 5.97 Å². The summed E-state index contributed by atoms with van der Waals surface area (Å²) < 4.78 is 6.34. The summed E-state index contributed by atoms with van der Waals surface area (Å²) in [5.41, 5.74) is 1.05. The second kappa shape index (κ2) is 6.26. The number of benzene rings is 1. The van der Waals surface area contributed by atoms with E-state index < -0.39 is 5.97 Å². The second-order valence-corrected chi connectivity index (χ2v) is 4.86. The fourth-order valence-electron chi connectivity index (χ4n) is 1.83. The van der Waals surface area contributed by atoms with Crippen molar-refractivity contribution in [3.8, 4) is 0 Å². The van der Waals surface area contributed by atoms with Crippen LogP contribution in [0.4, 0.5) is 0 Å². The highest BCUT2D eigenvalue weighted by atomic mass is 35.5. The molecule has 0 unspecified atom stereocenters. The lowest BCUT2D eigenvalue weighted by atomic mass is 10.2. The third kappa shape index (κ3) is 2.95. The second-order valence-electron chi connectivity index (χ2n) is 4.10. The number of hydrogen-bond acceptors (Lipinski definition) is 3. The number of carboxylic acid groups (broad SMARTS) is 1. The van der Waals surface area contributed by atoms with Crippen LogP contribution in [0.3, 0.4) is 0 Å². The van der Waals surface area contributed by atoms with Gasteiger partial charge in [0.25, 0.3) is 0 Å². The minimum absolute atomic E-state index is 0.0411. The summed E-state index contributed by atoms with van der Waals surface area (Å²) in [4.78, 5) is 11.2. The highest BCUT2D eigenvalue weighted by Gasteiger charge is 2.22. The van der Waals surface area contributed by atoms with Gasteiger partial charge in [0.2, 0.25) is 0 Å². The van der Waals surface area contributed by atoms with Crippen LogP contribution < -0.4 is 0 Å². The summed E-state index contributed by atoms with van der Waals surface area (Å²) in [6.45, 7) is 0.374. The molecule has 0 saturated heterocycles. The molecule has 0 aliphatic rings. The van der Waals surface area contributed by atoms with Gasteiger partial charge in [-0.2, -0.15) is 5.10 Å². The first-order chi connectivity index (χ1) is 9.54. The maximum atomic E-state index is 11.2. The monoisotopic (exact) mass is 314 g/mol. The van der Waals surface area contributed by atoms with Gasteiger partial charge in [0.1, 0.15) is 16.4 Å². The molecule has 2 rings (SSSR count). The van der Waals surface area contributed by atoms with E-state index in [2.05, 4.69) is 5.10 Å². The Morgan fingerprint density at radius 3 is 2.70 bits per heavy atom. The summed E-state index contributed by atoms with van der Waals surface area (Å²) >= 11 is 12.2. The zero-order valence-corrected chi connectivity index (χ0v) is 12.1. The van der Waals surface area contributed by atoms with Crippen LogP contribution in [0.25, 0.3) is 0 Å². The zero-order chi connectivity index (χ0) is 14.7. The molecule has 0 fully saturated rings. The molecule has 5 nitrogen and oxygen atoms in total. The molecule has 0 aliphatic heterocycles. The molecule has 1 aromatic heterocycles. The van der Waals surface area contributed by atoms with Gasteiger partial charge in [-0.05, 0) is 11.6 Å². The predicted octanol–water partition coefficient (Wildman–Crippen LogP) is 3.08. The number of carboxylic acids is 1. The number of aromatic nitrogens is 2. The van der Waals surface area contributed by atoms with Gasteiger partial charge < -0.3 is 9.84 Å². The fourth-order valence-corrected chi connectivity index (χ4v) is 2.31. The molecular weight excluding hydrogens is 303 g/mol. The van der Waals surface area contributed by atoms with Crippen molar-refractivity contribution >= 4 is 29.2 Å². The van der Waals surface area contributed by atoms with E-state index >= 15 is 0 Å². The topological polar surface area (TPSA) is 64.4 Å². The van der Waals surface area contributed by atoms with Crippen molar-refractivity contribution in [3.63, 3.8) is 0 Å². The molecule has 0 radical (unpaired) electrons. The highest BCUT2D eigenvalue weighted by Crippen LogP contribution is 2.24. The first-order valence-corrected chi connectivity index (χ1v) is 6.51. The number of methoxy groups -OCH3 is 1. The van der Waals surface area contributed by atoms with E-state index in [0.717, 1.165) is 5.56 Å². The van der Waals surface area contributed by atoms with E-state index in [4.69, 9.17) is 27.9 Å². The molecule has 1 N–H and O–H groups in total. The van der Waals surface area contributed by atoms with Crippen molar-refractivity contribution in [1.82, 2.24) is 9.78 Å². The molecule has 0 aliphatic carbocycles. The van der Waals surface area contributed by atoms with Gasteiger partial charge in [-0.25, -0.2) is 9.48 Å². The van der Waals surface area contributed by atoms with Crippen LogP contribution >= 0.6 is 23.2 Å². The normalized spacial score (nSPS) is 10.8. The summed E-state index contributed by atoms with van der Waals surface area (Å²) in [6.07, 6.45) is 0. The van der Waals surface area contributed by atoms with Crippen LogP contribution in [-0.2, 0) is 17.9 Å². The summed E-state index contributed by atoms with van der Waals surface area (Å²) in [6, 6.07) is 7.24. The van der Waals surface area contributed by atoms with Crippen LogP contribution in [0.5, 0.6) is 0 Å². The van der Waals surface area contributed by atoms with E-state index in [0.29, 0.717) is 11.6 Å². The first-order valence-electron chi connectivity index (χ1n) is 5.75. The minimum Gasteiger partial charge on any atom is -0.478 e. The summed E-state index contributed by atoms with van der Waals surface area (Å²) in [5, 5.41) is 14.0. The molecule has 1 heterocycles. The van der Waals surface area contributed by atoms with E-state index in [1.165, 1.54) is 11.8 Å². The Balaban J connectivity index is 2.40. The van der Waals surface area contributed by atoms with Gasteiger partial charge in [0, 0.05) is 12.1 Å². The van der Waals surface area contributed by atoms with Crippen molar-refractivity contribution in [2.75, 3.05) is 7.11 Å². The summed E-state index contributed by atoms with van der Waals surface area (Å²) in [5.74, 6) is -1.13. The maximum Gasteiger partial charge on any atom is 0.340 e. The van der Waals surface area contributed by atoms with E-state index in [1.54, 1.807) is 6.07 Å². The Bertz CT molecular complexity index is 641. The van der Waals surface area contributed by atoms with Gasteiger partial charge in [0.05, 0.1) is 13.2 Å². The number of nitrogens with zero attached hydrogens (tertiary/aromatic N) is 2. The SMILES string of the molecule is COCc1nn(Cc2ccccc2Cl)c(Cl)c1C(=O)O. The van der Waals surface area contributed by atoms with E-state index in [-0.39, 0.29) is 23.0 Å². The van der Waals surface area contributed by atoms with Crippen LogP contribution in [0.1, 0.15) is 21.6 Å². The van der Waals surface area contributed by atoms with Crippen LogP contribution in [0, 0.1) is 0 Å². The lowest BCUT2D eigenvalue weighted by molar-refractivity contribution is 0.0692. The van der Waals surface area contributed by atoms with E-state index in [1.807, 2.05) is 18.2 Å². The van der Waals surface area contributed by atoms with Gasteiger partial charge in [-0.3, -0.25) is 0 Å². The van der Waals surface area contributed by atoms with Crippen LogP contribution in [-0.4, -0.2) is 28.0 Å². The lowest BCUT2D eigenvalue weighted by Crippen LogP contribution is -2.03. The molecule has 1 aromatic carbocycles. The lowest BCUT2D eigenvalue weighted by Gasteiger charge is -2.05. The number of rotatable bonds is 5. The first kappa shape index (κ1) is 14.8. The van der Waals surface area contributed by atoms with Gasteiger partial charge in [0.15, 0.2) is 0 Å². The Labute approximate surface area is 125 Å². The van der Waals surface area contributed by atoms with Gasteiger partial charge in [-0.1, -0.05) is 41.4 Å². The highest BCUT2D eigenvalue weighted by molar-refractivity contribution is 6.33. The molecule has 20 heavy (non-hydrogen) atoms. The molecule has 7 heteroatoms. The van der Waals surface area contributed by atoms with Crippen molar-refractivity contribution < 1.29 is 14.6 Å². The van der Waals surface area contributed by atoms with Crippen molar-refractivity contribution in [3.05, 3.63) is 51.3 Å². The van der Waals surface area contributed by atoms with Gasteiger partial charge in [-0.15, -0.1) is 0 Å². The number of aromatic carboxylic acids is 1. The minimum atomic E-state index is -1.13. The molecular formula is C13H12Cl2N2O3. The average Bonchev–Trinajstić information content (AvgIpc) is 2.69. The van der Waals surface area contributed by atoms with Crippen LogP contribution in [0.2, 0.25) is 10.2 Å². The number of halogens is 2. The average molecular weight is 315 g/mol. The fraction of sp³-hybridized carbons (Fsp3) is 0.231. The molecule has 0 bridgehead atoms. The number of hydrogen-bond donors (Lipinski definition) is 1. The van der Waals surface area contributed by atoms with Crippen molar-refractivity contribution in [1.29, 1.82) is 0 Å². The molecule has 0 atom stereocenters. The summed E-state index contributed by atoms with van der Waals surface area (Å²) in [7, 11) is 1.46. The third-order valence-corrected chi connectivity index (χ3v) is 3.49. The Kier molecular flexibility index (Phi) is 4.65. The standard InChI is InChI=1S/C13H12Cl2N2O3/c1-20-7-10-11(13(18)19)12(15)17(16-10)6-8-4-2-3-5-9(8)14/h2-5H,6-7H2,1H3,(H,18,19). The molecule has 0 spiro atoms. The Morgan fingerprint density at radius 1 is 1.40 bits per heavy atom. The Hall–Kier alpha value is -1.56. The maximum absolute atomic E-state index is 11.2. The third-order valence-electron chi connectivity index (χ3n) is 2.74. The molecule has 0 amide bonds. The molecule has 2 aromatic rings. The van der Waals surface area contributed by atoms with E-state index in [9.17, 15) is 9.90 Å². The van der Waals surface area contributed by atoms with Crippen LogP contribution in [0.15, 0.2) is 24.3 Å². The largest absolute Gasteiger partial charge is 0.478 e. The number of ether oxygens (including phenoxy) is 1. The van der Waals surface area contributed by atoms with Crippen molar-refractivity contribution in [2.24, 2.45) is 0 Å². The molecule has 106 valence electrons.